The monoisotopic (exact) mass is 427 g/mol. The number of ether oxygens (including phenoxy) is 1. The van der Waals surface area contributed by atoms with Crippen LogP contribution in [0.3, 0.4) is 0 Å². The minimum atomic E-state index is -1.15. The molecule has 0 unspecified atom stereocenters. The number of likely N-dealkylation sites (tertiary alicyclic amines) is 1. The van der Waals surface area contributed by atoms with Crippen LogP contribution >= 0.6 is 0 Å². The Morgan fingerprint density at radius 3 is 2.45 bits per heavy atom. The number of rotatable bonds is 5. The van der Waals surface area contributed by atoms with Crippen LogP contribution in [0.25, 0.3) is 0 Å². The van der Waals surface area contributed by atoms with Crippen LogP contribution in [0, 0.1) is 10.8 Å². The van der Waals surface area contributed by atoms with Crippen LogP contribution in [0.1, 0.15) is 58.9 Å². The second kappa shape index (κ2) is 7.24. The van der Waals surface area contributed by atoms with E-state index in [1.807, 2.05) is 11.8 Å². The van der Waals surface area contributed by atoms with Crippen molar-refractivity contribution in [1.82, 2.24) is 15.1 Å². The molecule has 1 aromatic rings. The van der Waals surface area contributed by atoms with Crippen LogP contribution in [0.4, 0.5) is 4.79 Å². The summed E-state index contributed by atoms with van der Waals surface area (Å²) >= 11 is 0. The molecule has 1 aliphatic carbocycles. The first-order valence-corrected chi connectivity index (χ1v) is 11.1. The van der Waals surface area contributed by atoms with E-state index in [4.69, 9.17) is 4.74 Å². The SMILES string of the molecule is CC[C@]1(c2ccc(OC)cc2)NC(=O)N(CC(=O)N2C[C@@]3(C)C[C@@H]2CC(C)(C)C3)C1=O. The maximum Gasteiger partial charge on any atom is 0.325 e. The molecule has 0 aromatic heterocycles. The van der Waals surface area contributed by atoms with E-state index in [9.17, 15) is 14.4 Å². The van der Waals surface area contributed by atoms with Crippen LogP contribution in [0.5, 0.6) is 5.75 Å². The Morgan fingerprint density at radius 2 is 1.84 bits per heavy atom. The highest BCUT2D eigenvalue weighted by Gasteiger charge is 2.54. The minimum absolute atomic E-state index is 0.107. The molecule has 7 nitrogen and oxygen atoms in total. The molecule has 1 saturated carbocycles. The van der Waals surface area contributed by atoms with Crippen molar-refractivity contribution in [2.75, 3.05) is 20.2 Å². The van der Waals surface area contributed by atoms with Crippen LogP contribution in [0.2, 0.25) is 0 Å². The highest BCUT2D eigenvalue weighted by molar-refractivity contribution is 6.09. The maximum atomic E-state index is 13.4. The summed E-state index contributed by atoms with van der Waals surface area (Å²) in [6.07, 6.45) is 3.43. The molecular formula is C24H33N3O4. The molecule has 4 rings (SSSR count). The second-order valence-electron chi connectivity index (χ2n) is 10.5. The van der Waals surface area contributed by atoms with Crippen molar-refractivity contribution in [2.24, 2.45) is 10.8 Å². The molecule has 4 amide bonds. The number of carbonyl (C=O) groups is 3. The number of carbonyl (C=O) groups excluding carboxylic acids is 3. The summed E-state index contributed by atoms with van der Waals surface area (Å²) in [4.78, 5) is 42.5. The van der Waals surface area contributed by atoms with Crippen LogP contribution < -0.4 is 10.1 Å². The lowest BCUT2D eigenvalue weighted by atomic mass is 9.65. The fraction of sp³-hybridized carbons (Fsp3) is 0.625. The Bertz CT molecular complexity index is 912. The molecule has 0 spiro atoms. The van der Waals surface area contributed by atoms with Gasteiger partial charge in [-0.3, -0.25) is 14.5 Å². The summed E-state index contributed by atoms with van der Waals surface area (Å²) in [5, 5.41) is 2.86. The van der Waals surface area contributed by atoms with Crippen molar-refractivity contribution >= 4 is 17.8 Å². The van der Waals surface area contributed by atoms with Gasteiger partial charge in [-0.15, -0.1) is 0 Å². The van der Waals surface area contributed by atoms with E-state index in [2.05, 4.69) is 26.1 Å². The van der Waals surface area contributed by atoms with Gasteiger partial charge in [0.2, 0.25) is 5.91 Å². The van der Waals surface area contributed by atoms with Gasteiger partial charge in [0, 0.05) is 12.6 Å². The van der Waals surface area contributed by atoms with Crippen molar-refractivity contribution in [3.8, 4) is 5.75 Å². The van der Waals surface area contributed by atoms with E-state index in [1.165, 1.54) is 0 Å². The molecule has 3 atom stereocenters. The van der Waals surface area contributed by atoms with E-state index in [1.54, 1.807) is 31.4 Å². The number of nitrogens with one attached hydrogen (secondary N) is 1. The topological polar surface area (TPSA) is 79.0 Å². The first-order valence-electron chi connectivity index (χ1n) is 11.1. The van der Waals surface area contributed by atoms with Gasteiger partial charge in [-0.1, -0.05) is 39.8 Å². The lowest BCUT2D eigenvalue weighted by Gasteiger charge is -2.39. The number of urea groups is 1. The highest BCUT2D eigenvalue weighted by atomic mass is 16.5. The van der Waals surface area contributed by atoms with Gasteiger partial charge in [0.1, 0.15) is 17.8 Å². The van der Waals surface area contributed by atoms with Gasteiger partial charge in [0.05, 0.1) is 7.11 Å². The summed E-state index contributed by atoms with van der Waals surface area (Å²) in [7, 11) is 1.58. The summed E-state index contributed by atoms with van der Waals surface area (Å²) in [5.41, 5.74) is -0.164. The van der Waals surface area contributed by atoms with Gasteiger partial charge in [-0.2, -0.15) is 0 Å². The summed E-state index contributed by atoms with van der Waals surface area (Å²) < 4.78 is 5.20. The number of nitrogens with zero attached hydrogens (tertiary/aromatic N) is 2. The highest BCUT2D eigenvalue weighted by Crippen LogP contribution is 2.52. The molecule has 31 heavy (non-hydrogen) atoms. The normalized spacial score (nSPS) is 31.7. The molecule has 0 radical (unpaired) electrons. The fourth-order valence-corrected chi connectivity index (χ4v) is 6.26. The smallest absolute Gasteiger partial charge is 0.325 e. The van der Waals surface area contributed by atoms with E-state index in [-0.39, 0.29) is 35.2 Å². The number of hydrogen-bond donors (Lipinski definition) is 1. The van der Waals surface area contributed by atoms with E-state index >= 15 is 0 Å². The number of fused-ring (bicyclic) bond motifs is 2. The van der Waals surface area contributed by atoms with Crippen molar-refractivity contribution < 1.29 is 19.1 Å². The molecule has 168 valence electrons. The largest absolute Gasteiger partial charge is 0.497 e. The number of imide groups is 1. The summed E-state index contributed by atoms with van der Waals surface area (Å²) in [5.74, 6) is 0.166. The molecule has 2 bridgehead atoms. The lowest BCUT2D eigenvalue weighted by molar-refractivity contribution is -0.140. The van der Waals surface area contributed by atoms with Gasteiger partial charge >= 0.3 is 6.03 Å². The van der Waals surface area contributed by atoms with Gasteiger partial charge in [-0.05, 0) is 54.2 Å². The Morgan fingerprint density at radius 1 is 1.16 bits per heavy atom. The third-order valence-corrected chi connectivity index (χ3v) is 7.32. The lowest BCUT2D eigenvalue weighted by Crippen LogP contribution is -2.46. The minimum Gasteiger partial charge on any atom is -0.497 e. The van der Waals surface area contributed by atoms with Gasteiger partial charge in [0.25, 0.3) is 5.91 Å². The zero-order chi connectivity index (χ0) is 22.6. The quantitative estimate of drug-likeness (QED) is 0.732. The maximum absolute atomic E-state index is 13.4. The molecule has 2 saturated heterocycles. The van der Waals surface area contributed by atoms with Crippen LogP contribution in [-0.4, -0.2) is 53.9 Å². The Hall–Kier alpha value is -2.57. The predicted molar refractivity (Wildman–Crippen MR) is 116 cm³/mol. The van der Waals surface area contributed by atoms with Gasteiger partial charge < -0.3 is 15.0 Å². The van der Waals surface area contributed by atoms with Crippen molar-refractivity contribution in [3.05, 3.63) is 29.8 Å². The van der Waals surface area contributed by atoms with Crippen molar-refractivity contribution in [1.29, 1.82) is 0 Å². The predicted octanol–water partition coefficient (Wildman–Crippen LogP) is 3.28. The number of benzene rings is 1. The number of hydrogen-bond acceptors (Lipinski definition) is 4. The Balaban J connectivity index is 1.53. The zero-order valence-corrected chi connectivity index (χ0v) is 19.2. The van der Waals surface area contributed by atoms with Crippen LogP contribution in [0.15, 0.2) is 24.3 Å². The fourth-order valence-electron chi connectivity index (χ4n) is 6.26. The van der Waals surface area contributed by atoms with Crippen LogP contribution in [-0.2, 0) is 15.1 Å². The number of amides is 4. The second-order valence-corrected chi connectivity index (χ2v) is 10.5. The van der Waals surface area contributed by atoms with Gasteiger partial charge in [-0.25, -0.2) is 4.79 Å². The summed E-state index contributed by atoms with van der Waals surface area (Å²) in [6, 6.07) is 6.79. The molecule has 3 aliphatic rings. The third-order valence-electron chi connectivity index (χ3n) is 7.32. The van der Waals surface area contributed by atoms with E-state index < -0.39 is 11.6 Å². The average molecular weight is 428 g/mol. The van der Waals surface area contributed by atoms with Crippen molar-refractivity contribution in [3.63, 3.8) is 0 Å². The average Bonchev–Trinajstić information content (AvgIpc) is 3.11. The van der Waals surface area contributed by atoms with E-state index in [0.717, 1.165) is 24.2 Å². The Labute approximate surface area is 184 Å². The van der Waals surface area contributed by atoms with E-state index in [0.29, 0.717) is 24.3 Å². The third kappa shape index (κ3) is 3.58. The molecule has 1 aromatic carbocycles. The zero-order valence-electron chi connectivity index (χ0n) is 19.2. The first-order chi connectivity index (χ1) is 14.5. The molecule has 2 heterocycles. The van der Waals surface area contributed by atoms with Gasteiger partial charge in [0.15, 0.2) is 0 Å². The molecular weight excluding hydrogens is 394 g/mol. The molecule has 1 N–H and O–H groups in total. The molecule has 2 aliphatic heterocycles. The molecule has 7 heteroatoms. The molecule has 3 fully saturated rings. The Kier molecular flexibility index (Phi) is 5.06. The standard InChI is InChI=1S/C24H33N3O4/c1-6-24(16-7-9-18(31-5)10-8-16)20(29)26(21(30)25-24)13-19(28)27-15-23(4)12-17(27)11-22(2,3)14-23/h7-10,17H,6,11-15H2,1-5H3,(H,25,30)/t17-,23-,24+/m0/s1. The first kappa shape index (κ1) is 21.7. The summed E-state index contributed by atoms with van der Waals surface area (Å²) in [6.45, 7) is 9.10. The number of methoxy groups -OCH3 is 1. The van der Waals surface area contributed by atoms with Crippen molar-refractivity contribution in [2.45, 2.75) is 65.0 Å².